The molecule has 0 bridgehead atoms. The molecule has 0 amide bonds. The molecule has 7 nitrogen and oxygen atoms in total. The Morgan fingerprint density at radius 2 is 2.24 bits per heavy atom. The van der Waals surface area contributed by atoms with Crippen LogP contribution in [0, 0.1) is 0 Å². The van der Waals surface area contributed by atoms with Crippen LogP contribution in [0.1, 0.15) is 26.2 Å². The number of aromatic nitrogens is 2. The van der Waals surface area contributed by atoms with Gasteiger partial charge in [-0.3, -0.25) is 14.6 Å². The summed E-state index contributed by atoms with van der Waals surface area (Å²) in [6.45, 7) is 8.60. The number of aliphatic imine (C=N–C) groups is 1. The molecule has 2 rings (SSSR count). The summed E-state index contributed by atoms with van der Waals surface area (Å²) in [5, 5.41) is 11.0. The minimum Gasteiger partial charge on any atom is -0.383 e. The summed E-state index contributed by atoms with van der Waals surface area (Å²) in [6.07, 6.45) is 7.32. The molecule has 1 atom stereocenters. The van der Waals surface area contributed by atoms with E-state index < -0.39 is 0 Å². The lowest BCUT2D eigenvalue weighted by Crippen LogP contribution is -2.40. The number of methoxy groups -OCH3 is 1. The normalized spacial score (nSPS) is 18.2. The van der Waals surface area contributed by atoms with Crippen LogP contribution in [0.3, 0.4) is 0 Å². The van der Waals surface area contributed by atoms with Gasteiger partial charge in [-0.1, -0.05) is 0 Å². The summed E-state index contributed by atoms with van der Waals surface area (Å²) < 4.78 is 7.16. The standard InChI is InChI=1S/C17H32N6O.HI/c1-3-18-17(19-8-5-11-23-12-6-9-21-23)20-15-16-7-4-10-22(16)13-14-24-2;/h6,9,12,16H,3-5,7-8,10-11,13-15H2,1-2H3,(H2,18,19,20);1H. The quantitative estimate of drug-likeness (QED) is 0.238. The first kappa shape index (κ1) is 22.2. The van der Waals surface area contributed by atoms with Crippen LogP contribution in [0.2, 0.25) is 0 Å². The van der Waals surface area contributed by atoms with Gasteiger partial charge in [0.2, 0.25) is 0 Å². The van der Waals surface area contributed by atoms with Gasteiger partial charge in [0.25, 0.3) is 0 Å². The predicted octanol–water partition coefficient (Wildman–Crippen LogP) is 1.56. The van der Waals surface area contributed by atoms with E-state index >= 15 is 0 Å². The van der Waals surface area contributed by atoms with Gasteiger partial charge in [-0.25, -0.2) is 0 Å². The summed E-state index contributed by atoms with van der Waals surface area (Å²) in [4.78, 5) is 7.27. The molecule has 1 aromatic heterocycles. The van der Waals surface area contributed by atoms with Crippen molar-refractivity contribution in [1.29, 1.82) is 0 Å². The Bertz CT molecular complexity index is 468. The fourth-order valence-corrected chi connectivity index (χ4v) is 3.02. The Morgan fingerprint density at radius 3 is 2.96 bits per heavy atom. The van der Waals surface area contributed by atoms with E-state index in [9.17, 15) is 0 Å². The molecule has 2 N–H and O–H groups in total. The van der Waals surface area contributed by atoms with Gasteiger partial charge in [0, 0.05) is 51.7 Å². The molecule has 0 aromatic carbocycles. The third kappa shape index (κ3) is 8.37. The van der Waals surface area contributed by atoms with Crippen molar-refractivity contribution in [2.75, 3.05) is 46.4 Å². The first-order chi connectivity index (χ1) is 11.8. The molecule has 144 valence electrons. The summed E-state index contributed by atoms with van der Waals surface area (Å²) >= 11 is 0. The van der Waals surface area contributed by atoms with Gasteiger partial charge in [0.05, 0.1) is 13.2 Å². The number of likely N-dealkylation sites (tertiary alicyclic amines) is 1. The topological polar surface area (TPSA) is 66.7 Å². The second-order valence-electron chi connectivity index (χ2n) is 6.09. The number of ether oxygens (including phenoxy) is 1. The fraction of sp³-hybridized carbons (Fsp3) is 0.765. The third-order valence-corrected chi connectivity index (χ3v) is 4.30. The molecular formula is C17H33IN6O. The second-order valence-corrected chi connectivity index (χ2v) is 6.09. The van der Waals surface area contributed by atoms with Crippen LogP contribution in [0.4, 0.5) is 0 Å². The predicted molar refractivity (Wildman–Crippen MR) is 113 cm³/mol. The Morgan fingerprint density at radius 1 is 1.36 bits per heavy atom. The highest BCUT2D eigenvalue weighted by atomic mass is 127. The number of nitrogens with one attached hydrogen (secondary N) is 2. The molecular weight excluding hydrogens is 431 g/mol. The Balaban J connectivity index is 0.00000312. The Kier molecular flexibility index (Phi) is 11.8. The van der Waals surface area contributed by atoms with E-state index in [0.717, 1.165) is 58.3 Å². The monoisotopic (exact) mass is 464 g/mol. The number of halogens is 1. The Hall–Kier alpha value is -0.870. The van der Waals surface area contributed by atoms with Crippen molar-refractivity contribution in [2.45, 2.75) is 38.8 Å². The second kappa shape index (κ2) is 13.3. The van der Waals surface area contributed by atoms with E-state index in [4.69, 9.17) is 9.73 Å². The van der Waals surface area contributed by atoms with Gasteiger partial charge in [0.15, 0.2) is 5.96 Å². The van der Waals surface area contributed by atoms with Gasteiger partial charge < -0.3 is 15.4 Å². The molecule has 0 radical (unpaired) electrons. The molecule has 1 fully saturated rings. The highest BCUT2D eigenvalue weighted by Crippen LogP contribution is 2.16. The van der Waals surface area contributed by atoms with Gasteiger partial charge in [0.1, 0.15) is 0 Å². The molecule has 1 aromatic rings. The van der Waals surface area contributed by atoms with Gasteiger partial charge >= 0.3 is 0 Å². The molecule has 0 saturated carbocycles. The number of nitrogens with zero attached hydrogens (tertiary/aromatic N) is 4. The van der Waals surface area contributed by atoms with Gasteiger partial charge in [-0.15, -0.1) is 24.0 Å². The summed E-state index contributed by atoms with van der Waals surface area (Å²) in [5.41, 5.74) is 0. The van der Waals surface area contributed by atoms with Crippen molar-refractivity contribution < 1.29 is 4.74 Å². The molecule has 1 aliphatic rings. The van der Waals surface area contributed by atoms with Crippen molar-refractivity contribution in [3.05, 3.63) is 18.5 Å². The minimum absolute atomic E-state index is 0. The maximum atomic E-state index is 5.20. The Labute approximate surface area is 168 Å². The minimum atomic E-state index is 0. The smallest absolute Gasteiger partial charge is 0.191 e. The molecule has 2 heterocycles. The number of hydrogen-bond donors (Lipinski definition) is 2. The SMILES string of the molecule is CCNC(=NCC1CCCN1CCOC)NCCCn1cccn1.I. The van der Waals surface area contributed by atoms with Crippen LogP contribution in [-0.2, 0) is 11.3 Å². The summed E-state index contributed by atoms with van der Waals surface area (Å²) in [7, 11) is 1.76. The molecule has 0 aliphatic carbocycles. The highest BCUT2D eigenvalue weighted by molar-refractivity contribution is 14.0. The van der Waals surface area contributed by atoms with Crippen molar-refractivity contribution in [2.24, 2.45) is 4.99 Å². The zero-order valence-corrected chi connectivity index (χ0v) is 17.8. The van der Waals surface area contributed by atoms with Crippen molar-refractivity contribution in [3.8, 4) is 0 Å². The first-order valence-electron chi connectivity index (χ1n) is 9.06. The lowest BCUT2D eigenvalue weighted by Gasteiger charge is -2.23. The lowest BCUT2D eigenvalue weighted by molar-refractivity contribution is 0.142. The van der Waals surface area contributed by atoms with E-state index in [-0.39, 0.29) is 24.0 Å². The molecule has 8 heteroatoms. The fourth-order valence-electron chi connectivity index (χ4n) is 3.02. The van der Waals surface area contributed by atoms with Crippen LogP contribution in [0.5, 0.6) is 0 Å². The average molecular weight is 464 g/mol. The zero-order valence-electron chi connectivity index (χ0n) is 15.5. The number of guanidine groups is 1. The summed E-state index contributed by atoms with van der Waals surface area (Å²) in [6, 6.07) is 2.50. The molecule has 0 spiro atoms. The van der Waals surface area contributed by atoms with Crippen LogP contribution >= 0.6 is 24.0 Å². The third-order valence-electron chi connectivity index (χ3n) is 4.30. The molecule has 1 aliphatic heterocycles. The van der Waals surface area contributed by atoms with Crippen molar-refractivity contribution in [1.82, 2.24) is 25.3 Å². The van der Waals surface area contributed by atoms with Crippen LogP contribution in [0.15, 0.2) is 23.5 Å². The van der Waals surface area contributed by atoms with Gasteiger partial charge in [-0.05, 0) is 38.8 Å². The van der Waals surface area contributed by atoms with Crippen LogP contribution in [0.25, 0.3) is 0 Å². The number of hydrogen-bond acceptors (Lipinski definition) is 4. The maximum absolute atomic E-state index is 5.20. The molecule has 1 saturated heterocycles. The van der Waals surface area contributed by atoms with E-state index in [0.29, 0.717) is 6.04 Å². The van der Waals surface area contributed by atoms with Crippen LogP contribution in [-0.4, -0.2) is 73.1 Å². The highest BCUT2D eigenvalue weighted by Gasteiger charge is 2.23. The van der Waals surface area contributed by atoms with Gasteiger partial charge in [-0.2, -0.15) is 5.10 Å². The largest absolute Gasteiger partial charge is 0.383 e. The van der Waals surface area contributed by atoms with Crippen LogP contribution < -0.4 is 10.6 Å². The maximum Gasteiger partial charge on any atom is 0.191 e. The van der Waals surface area contributed by atoms with Crippen molar-refractivity contribution >= 4 is 29.9 Å². The molecule has 1 unspecified atom stereocenters. The summed E-state index contributed by atoms with van der Waals surface area (Å²) in [5.74, 6) is 0.913. The van der Waals surface area contributed by atoms with Crippen molar-refractivity contribution in [3.63, 3.8) is 0 Å². The average Bonchev–Trinajstić information content (AvgIpc) is 3.26. The number of aryl methyl sites for hydroxylation is 1. The van der Waals surface area contributed by atoms with E-state index in [1.54, 1.807) is 7.11 Å². The first-order valence-corrected chi connectivity index (χ1v) is 9.06. The van der Waals surface area contributed by atoms with E-state index in [2.05, 4.69) is 27.6 Å². The molecule has 25 heavy (non-hydrogen) atoms. The van der Waals surface area contributed by atoms with E-state index in [1.807, 2.05) is 23.1 Å². The lowest BCUT2D eigenvalue weighted by atomic mass is 10.2. The number of rotatable bonds is 10. The zero-order chi connectivity index (χ0) is 17.0. The van der Waals surface area contributed by atoms with E-state index in [1.165, 1.54) is 12.8 Å².